The number of carbonyl (C=O) groups is 2. The van der Waals surface area contributed by atoms with E-state index in [1.807, 2.05) is 22.7 Å². The van der Waals surface area contributed by atoms with Crippen LogP contribution in [-0.2, 0) is 14.3 Å². The third kappa shape index (κ3) is 3.14. The maximum absolute atomic E-state index is 13.8. The van der Waals surface area contributed by atoms with E-state index in [0.717, 1.165) is 10.9 Å². The Morgan fingerprint density at radius 3 is 2.67 bits per heavy atom. The molecule has 5 heterocycles. The fourth-order valence-electron chi connectivity index (χ4n) is 5.63. The predicted molar refractivity (Wildman–Crippen MR) is 112 cm³/mol. The van der Waals surface area contributed by atoms with Crippen LogP contribution in [0.3, 0.4) is 0 Å². The van der Waals surface area contributed by atoms with E-state index in [1.54, 1.807) is 9.80 Å². The van der Waals surface area contributed by atoms with Gasteiger partial charge in [-0.1, -0.05) is 16.3 Å². The molecule has 0 aliphatic carbocycles. The van der Waals surface area contributed by atoms with Crippen LogP contribution in [0.5, 0.6) is 0 Å². The SMILES string of the molecule is CC1N=c2scc[n+]2=C1C(=O)N1CCC2(CC1)O[C@@H]1CC[C@@H](c3cc(F)cc(F)c3)N1C2=O. The number of hydrogen-bond donors (Lipinski definition) is 0. The van der Waals surface area contributed by atoms with Gasteiger partial charge in [-0.2, -0.15) is 4.24 Å². The fourth-order valence-corrected chi connectivity index (χ4v) is 6.43. The number of piperidine rings is 1. The number of amides is 2. The Kier molecular flexibility index (Phi) is 4.67. The van der Waals surface area contributed by atoms with Crippen molar-refractivity contribution in [1.29, 1.82) is 0 Å². The van der Waals surface area contributed by atoms with Crippen molar-refractivity contribution in [2.45, 2.75) is 56.5 Å². The molecule has 4 aliphatic rings. The standard InChI is InChI=1S/C23H23F2N4O3S/c1-13-19(28-8-9-33-22(28)26-13)20(30)27-6-4-23(5-7-27)21(31)29-17(2-3-18(29)32-23)14-10-15(24)12-16(25)11-14/h8-13,17-18H,2-7H2,1H3/q+1/t13?,17-,18+/m0/s1. The first-order valence-corrected chi connectivity index (χ1v) is 12.1. The second-order valence-electron chi connectivity index (χ2n) is 9.11. The summed E-state index contributed by atoms with van der Waals surface area (Å²) in [7, 11) is 0. The van der Waals surface area contributed by atoms with Gasteiger partial charge in [-0.3, -0.25) is 9.59 Å². The highest BCUT2D eigenvalue weighted by atomic mass is 32.1. The van der Waals surface area contributed by atoms with Crippen LogP contribution in [0.4, 0.5) is 8.78 Å². The van der Waals surface area contributed by atoms with Crippen LogP contribution in [0, 0.1) is 17.3 Å². The smallest absolute Gasteiger partial charge is 0.342 e. The summed E-state index contributed by atoms with van der Waals surface area (Å²) in [5.74, 6) is -1.51. The molecule has 3 fully saturated rings. The van der Waals surface area contributed by atoms with Crippen molar-refractivity contribution in [3.8, 4) is 0 Å². The molecule has 1 aromatic carbocycles. The molecule has 3 saturated heterocycles. The Morgan fingerprint density at radius 1 is 1.21 bits per heavy atom. The number of carbonyl (C=O) groups excluding carboxylic acids is 2. The van der Waals surface area contributed by atoms with Crippen LogP contribution < -0.4 is 9.04 Å². The normalized spacial score (nSPS) is 27.8. The molecule has 0 N–H and O–H groups in total. The van der Waals surface area contributed by atoms with E-state index in [1.165, 1.54) is 23.5 Å². The van der Waals surface area contributed by atoms with Crippen molar-refractivity contribution >= 4 is 23.2 Å². The number of ether oxygens (including phenoxy) is 1. The van der Waals surface area contributed by atoms with Gasteiger partial charge in [0.05, 0.1) is 6.04 Å². The topological polar surface area (TPSA) is 68.1 Å². The first-order chi connectivity index (χ1) is 15.9. The second kappa shape index (κ2) is 7.39. The number of aromatic nitrogens is 1. The number of nitrogens with zero attached hydrogens (tertiary/aromatic N) is 4. The molecule has 33 heavy (non-hydrogen) atoms. The maximum atomic E-state index is 13.8. The molecule has 172 valence electrons. The Labute approximate surface area is 192 Å². The highest BCUT2D eigenvalue weighted by molar-refractivity contribution is 7.06. The monoisotopic (exact) mass is 473 g/mol. The average Bonchev–Trinajstić information content (AvgIpc) is 3.51. The summed E-state index contributed by atoms with van der Waals surface area (Å²) in [5, 5.41) is 1.91. The molecule has 1 unspecified atom stereocenters. The van der Waals surface area contributed by atoms with Gasteiger partial charge in [0.1, 0.15) is 24.1 Å². The highest BCUT2D eigenvalue weighted by Gasteiger charge is 2.58. The lowest BCUT2D eigenvalue weighted by Gasteiger charge is -2.37. The van der Waals surface area contributed by atoms with Gasteiger partial charge in [0, 0.05) is 37.4 Å². The number of benzene rings is 1. The Hall–Kier alpha value is -2.72. The molecule has 4 aliphatic heterocycles. The van der Waals surface area contributed by atoms with Crippen molar-refractivity contribution in [2.24, 2.45) is 4.99 Å². The third-order valence-electron chi connectivity index (χ3n) is 7.21. The number of rotatable bonds is 2. The minimum Gasteiger partial charge on any atom is -0.342 e. The second-order valence-corrected chi connectivity index (χ2v) is 9.99. The van der Waals surface area contributed by atoms with Gasteiger partial charge in [0.2, 0.25) is 11.8 Å². The molecule has 2 aromatic rings. The van der Waals surface area contributed by atoms with Crippen molar-refractivity contribution in [2.75, 3.05) is 13.1 Å². The molecule has 2 amide bonds. The molecular weight excluding hydrogens is 450 g/mol. The molecule has 0 bridgehead atoms. The van der Waals surface area contributed by atoms with Crippen LogP contribution in [0.1, 0.15) is 44.2 Å². The summed E-state index contributed by atoms with van der Waals surface area (Å²) in [6, 6.07) is 2.80. The van der Waals surface area contributed by atoms with Crippen LogP contribution in [0.15, 0.2) is 34.8 Å². The van der Waals surface area contributed by atoms with Gasteiger partial charge in [-0.05, 0) is 37.5 Å². The lowest BCUT2D eigenvalue weighted by molar-refractivity contribution is -0.525. The fraction of sp³-hybridized carbons (Fsp3) is 0.478. The van der Waals surface area contributed by atoms with Gasteiger partial charge >= 0.3 is 4.80 Å². The maximum Gasteiger partial charge on any atom is 0.382 e. The van der Waals surface area contributed by atoms with Crippen molar-refractivity contribution in [3.63, 3.8) is 0 Å². The van der Waals surface area contributed by atoms with E-state index in [-0.39, 0.29) is 17.9 Å². The summed E-state index contributed by atoms with van der Waals surface area (Å²) >= 11 is 1.50. The number of thiazole rings is 1. The van der Waals surface area contributed by atoms with Crippen molar-refractivity contribution in [1.82, 2.24) is 9.80 Å². The van der Waals surface area contributed by atoms with Crippen LogP contribution in [0.25, 0.3) is 0 Å². The van der Waals surface area contributed by atoms with E-state index in [9.17, 15) is 18.4 Å². The minimum absolute atomic E-state index is 0.0673. The lowest BCUT2D eigenvalue weighted by Crippen LogP contribution is -2.53. The summed E-state index contributed by atoms with van der Waals surface area (Å²) in [6.45, 7) is 2.72. The van der Waals surface area contributed by atoms with Crippen LogP contribution >= 0.6 is 11.3 Å². The van der Waals surface area contributed by atoms with Crippen molar-refractivity contribution in [3.05, 3.63) is 57.5 Å². The molecule has 1 spiro atoms. The highest BCUT2D eigenvalue weighted by Crippen LogP contribution is 2.47. The van der Waals surface area contributed by atoms with E-state index < -0.39 is 29.5 Å². The van der Waals surface area contributed by atoms with Gasteiger partial charge in [0.25, 0.3) is 11.8 Å². The zero-order valence-electron chi connectivity index (χ0n) is 18.0. The van der Waals surface area contributed by atoms with E-state index in [2.05, 4.69) is 4.99 Å². The van der Waals surface area contributed by atoms with Gasteiger partial charge < -0.3 is 14.5 Å². The number of fused-ring (bicyclic) bond motifs is 2. The third-order valence-corrected chi connectivity index (χ3v) is 7.99. The quantitative estimate of drug-likeness (QED) is 0.625. The van der Waals surface area contributed by atoms with Gasteiger partial charge in [-0.15, -0.1) is 0 Å². The summed E-state index contributed by atoms with van der Waals surface area (Å²) in [4.78, 5) is 35.6. The molecule has 7 nitrogen and oxygen atoms in total. The summed E-state index contributed by atoms with van der Waals surface area (Å²) in [5.41, 5.74) is 0.105. The number of hydrogen-bond acceptors (Lipinski definition) is 5. The lowest BCUT2D eigenvalue weighted by atomic mass is 9.89. The van der Waals surface area contributed by atoms with Crippen LogP contribution in [0.2, 0.25) is 0 Å². The largest absolute Gasteiger partial charge is 0.382 e. The average molecular weight is 474 g/mol. The first kappa shape index (κ1) is 20.9. The first-order valence-electron chi connectivity index (χ1n) is 11.2. The molecule has 3 atom stereocenters. The molecule has 0 saturated carbocycles. The molecule has 0 radical (unpaired) electrons. The zero-order valence-corrected chi connectivity index (χ0v) is 18.9. The zero-order chi connectivity index (χ0) is 22.9. The van der Waals surface area contributed by atoms with E-state index in [4.69, 9.17) is 4.74 Å². The summed E-state index contributed by atoms with van der Waals surface area (Å²) < 4.78 is 35.7. The number of likely N-dealkylation sites (tertiary alicyclic amines) is 1. The Balaban J connectivity index is 1.20. The minimum atomic E-state index is -0.983. The summed E-state index contributed by atoms with van der Waals surface area (Å²) in [6.07, 6.45) is 3.47. The Bertz CT molecular complexity index is 1270. The predicted octanol–water partition coefficient (Wildman–Crippen LogP) is 1.80. The van der Waals surface area contributed by atoms with E-state index in [0.29, 0.717) is 50.0 Å². The molecule has 1 aromatic heterocycles. The Morgan fingerprint density at radius 2 is 1.94 bits per heavy atom. The molecule has 6 rings (SSSR count). The van der Waals surface area contributed by atoms with Gasteiger partial charge in [-0.25, -0.2) is 8.78 Å². The number of halogens is 2. The molecular formula is C23H23F2N4O3S+. The van der Waals surface area contributed by atoms with Crippen LogP contribution in [-0.4, -0.2) is 52.6 Å². The molecule has 10 heteroatoms. The van der Waals surface area contributed by atoms with E-state index >= 15 is 0 Å². The van der Waals surface area contributed by atoms with Crippen molar-refractivity contribution < 1.29 is 27.3 Å². The van der Waals surface area contributed by atoms with Gasteiger partial charge in [0.15, 0.2) is 5.60 Å².